The summed E-state index contributed by atoms with van der Waals surface area (Å²) in [4.78, 5) is 10.2. The lowest BCUT2D eigenvalue weighted by Crippen LogP contribution is -2.38. The molecule has 110 valence electrons. The third-order valence-electron chi connectivity index (χ3n) is 3.60. The normalized spacial score (nSPS) is 22.6. The molecule has 1 fully saturated rings. The molecule has 0 aliphatic heterocycles. The van der Waals surface area contributed by atoms with Crippen LogP contribution in [0.15, 0.2) is 12.1 Å². The molecule has 20 heavy (non-hydrogen) atoms. The number of anilines is 1. The van der Waals surface area contributed by atoms with Crippen LogP contribution in [0.5, 0.6) is 0 Å². The van der Waals surface area contributed by atoms with Gasteiger partial charge in [-0.25, -0.2) is 8.78 Å². The molecule has 1 aliphatic carbocycles. The number of ether oxygens (including phenoxy) is 1. The summed E-state index contributed by atoms with van der Waals surface area (Å²) in [5, 5.41) is 13.7. The van der Waals surface area contributed by atoms with Crippen molar-refractivity contribution in [1.82, 2.24) is 0 Å². The van der Waals surface area contributed by atoms with Gasteiger partial charge in [0.25, 0.3) is 5.69 Å². The second-order valence-electron chi connectivity index (χ2n) is 4.82. The zero-order valence-corrected chi connectivity index (χ0v) is 11.1. The molecule has 1 saturated carbocycles. The Morgan fingerprint density at radius 3 is 2.70 bits per heavy atom. The molecule has 0 aromatic heterocycles. The van der Waals surface area contributed by atoms with E-state index < -0.39 is 27.9 Å². The molecule has 5 nitrogen and oxygen atoms in total. The van der Waals surface area contributed by atoms with Gasteiger partial charge in [-0.15, -0.1) is 0 Å². The summed E-state index contributed by atoms with van der Waals surface area (Å²) >= 11 is 0. The van der Waals surface area contributed by atoms with Gasteiger partial charge in [-0.3, -0.25) is 10.1 Å². The number of nitrogens with one attached hydrogen (secondary N) is 1. The zero-order valence-electron chi connectivity index (χ0n) is 11.1. The van der Waals surface area contributed by atoms with Crippen LogP contribution in [0.25, 0.3) is 0 Å². The Morgan fingerprint density at radius 2 is 2.05 bits per heavy atom. The van der Waals surface area contributed by atoms with Crippen LogP contribution in [0.4, 0.5) is 20.2 Å². The number of hydrogen-bond donors (Lipinski definition) is 1. The lowest BCUT2D eigenvalue weighted by Gasteiger charge is -2.31. The quantitative estimate of drug-likeness (QED) is 0.681. The molecule has 0 bridgehead atoms. The Balaban J connectivity index is 2.31. The summed E-state index contributed by atoms with van der Waals surface area (Å²) in [6, 6.07) is 1.46. The number of halogens is 2. The molecule has 1 aromatic carbocycles. The van der Waals surface area contributed by atoms with Gasteiger partial charge in [-0.05, 0) is 18.9 Å². The van der Waals surface area contributed by atoms with Gasteiger partial charge in [0.05, 0.1) is 17.1 Å². The highest BCUT2D eigenvalue weighted by Crippen LogP contribution is 2.32. The van der Waals surface area contributed by atoms with Crippen molar-refractivity contribution in [2.45, 2.75) is 37.8 Å². The molecule has 0 saturated heterocycles. The van der Waals surface area contributed by atoms with E-state index in [9.17, 15) is 18.9 Å². The van der Waals surface area contributed by atoms with Crippen LogP contribution in [0.2, 0.25) is 0 Å². The summed E-state index contributed by atoms with van der Waals surface area (Å²) in [5.41, 5.74) is -0.867. The average Bonchev–Trinajstić information content (AvgIpc) is 2.44. The Bertz CT molecular complexity index is 511. The van der Waals surface area contributed by atoms with Crippen molar-refractivity contribution < 1.29 is 18.4 Å². The fraction of sp³-hybridized carbons (Fsp3) is 0.538. The predicted octanol–water partition coefficient (Wildman–Crippen LogP) is 3.24. The smallest absolute Gasteiger partial charge is 0.295 e. The van der Waals surface area contributed by atoms with Crippen molar-refractivity contribution in [1.29, 1.82) is 0 Å². The van der Waals surface area contributed by atoms with Crippen molar-refractivity contribution in [3.63, 3.8) is 0 Å². The largest absolute Gasteiger partial charge is 0.379 e. The number of benzene rings is 1. The Morgan fingerprint density at radius 1 is 1.35 bits per heavy atom. The Labute approximate surface area is 115 Å². The SMILES string of the molecule is COC1CCCCC1Nc1c([N+](=O)[O-])ccc(F)c1F. The topological polar surface area (TPSA) is 64.4 Å². The molecule has 0 radical (unpaired) electrons. The minimum Gasteiger partial charge on any atom is -0.379 e. The molecular weight excluding hydrogens is 270 g/mol. The predicted molar refractivity (Wildman–Crippen MR) is 69.7 cm³/mol. The van der Waals surface area contributed by atoms with Crippen LogP contribution in [0, 0.1) is 21.7 Å². The molecule has 1 aliphatic rings. The van der Waals surface area contributed by atoms with Crippen LogP contribution in [-0.2, 0) is 4.74 Å². The second kappa shape index (κ2) is 6.13. The molecule has 1 N–H and O–H groups in total. The third-order valence-corrected chi connectivity index (χ3v) is 3.60. The van der Waals surface area contributed by atoms with E-state index in [0.717, 1.165) is 31.4 Å². The number of nitrogens with zero attached hydrogens (tertiary/aromatic N) is 1. The maximum Gasteiger partial charge on any atom is 0.295 e. The molecule has 7 heteroatoms. The molecule has 2 unspecified atom stereocenters. The van der Waals surface area contributed by atoms with Crippen LogP contribution in [0.1, 0.15) is 25.7 Å². The number of nitro groups is 1. The van der Waals surface area contributed by atoms with E-state index in [1.807, 2.05) is 0 Å². The van der Waals surface area contributed by atoms with Gasteiger partial charge in [-0.1, -0.05) is 12.8 Å². The lowest BCUT2D eigenvalue weighted by molar-refractivity contribution is -0.384. The van der Waals surface area contributed by atoms with Gasteiger partial charge in [0.1, 0.15) is 0 Å². The van der Waals surface area contributed by atoms with E-state index >= 15 is 0 Å². The maximum absolute atomic E-state index is 13.8. The third kappa shape index (κ3) is 2.87. The second-order valence-corrected chi connectivity index (χ2v) is 4.82. The van der Waals surface area contributed by atoms with Gasteiger partial charge >= 0.3 is 0 Å². The molecular formula is C13H16F2N2O3. The highest BCUT2D eigenvalue weighted by molar-refractivity contribution is 5.63. The molecule has 0 heterocycles. The summed E-state index contributed by atoms with van der Waals surface area (Å²) in [5.74, 6) is -2.33. The van der Waals surface area contributed by atoms with Crippen molar-refractivity contribution >= 4 is 11.4 Å². The van der Waals surface area contributed by atoms with Gasteiger partial charge in [0.2, 0.25) is 0 Å². The molecule has 1 aromatic rings. The van der Waals surface area contributed by atoms with Crippen molar-refractivity contribution in [3.05, 3.63) is 33.9 Å². The van der Waals surface area contributed by atoms with E-state index in [-0.39, 0.29) is 12.1 Å². The minimum atomic E-state index is -1.22. The van der Waals surface area contributed by atoms with Crippen LogP contribution >= 0.6 is 0 Å². The highest BCUT2D eigenvalue weighted by Gasteiger charge is 2.29. The number of methoxy groups -OCH3 is 1. The first-order chi connectivity index (χ1) is 9.54. The van der Waals surface area contributed by atoms with E-state index in [2.05, 4.69) is 5.32 Å². The van der Waals surface area contributed by atoms with E-state index in [1.165, 1.54) is 0 Å². The lowest BCUT2D eigenvalue weighted by atomic mass is 9.92. The van der Waals surface area contributed by atoms with Crippen LogP contribution in [0.3, 0.4) is 0 Å². The first kappa shape index (κ1) is 14.6. The van der Waals surface area contributed by atoms with Gasteiger partial charge < -0.3 is 10.1 Å². The maximum atomic E-state index is 13.8. The standard InChI is InChI=1S/C13H16F2N2O3/c1-20-11-5-3-2-4-9(11)16-13-10(17(18)19)7-6-8(14)12(13)15/h6-7,9,11,16H,2-5H2,1H3. The van der Waals surface area contributed by atoms with E-state index in [4.69, 9.17) is 4.74 Å². The number of hydrogen-bond acceptors (Lipinski definition) is 4. The fourth-order valence-electron chi connectivity index (χ4n) is 2.56. The van der Waals surface area contributed by atoms with Crippen LogP contribution in [-0.4, -0.2) is 24.2 Å². The summed E-state index contributed by atoms with van der Waals surface area (Å²) in [6.07, 6.45) is 3.24. The van der Waals surface area contributed by atoms with Gasteiger partial charge in [0, 0.05) is 13.2 Å². The summed E-state index contributed by atoms with van der Waals surface area (Å²) < 4.78 is 32.4. The molecule has 2 atom stereocenters. The van der Waals surface area contributed by atoms with E-state index in [0.29, 0.717) is 6.42 Å². The van der Waals surface area contributed by atoms with Crippen molar-refractivity contribution in [2.75, 3.05) is 12.4 Å². The number of rotatable bonds is 4. The average molecular weight is 286 g/mol. The van der Waals surface area contributed by atoms with Gasteiger partial charge in [0.15, 0.2) is 17.3 Å². The summed E-state index contributed by atoms with van der Waals surface area (Å²) in [6.45, 7) is 0. The zero-order chi connectivity index (χ0) is 14.7. The first-order valence-corrected chi connectivity index (χ1v) is 6.46. The van der Waals surface area contributed by atoms with Gasteiger partial charge in [-0.2, -0.15) is 0 Å². The van der Waals surface area contributed by atoms with E-state index in [1.54, 1.807) is 7.11 Å². The van der Waals surface area contributed by atoms with Crippen LogP contribution < -0.4 is 5.32 Å². The van der Waals surface area contributed by atoms with Crippen molar-refractivity contribution in [2.24, 2.45) is 0 Å². The molecule has 2 rings (SSSR count). The number of nitro benzene ring substituents is 1. The molecule has 0 amide bonds. The Kier molecular flexibility index (Phi) is 4.49. The molecule has 0 spiro atoms. The fourth-order valence-corrected chi connectivity index (χ4v) is 2.56. The summed E-state index contributed by atoms with van der Waals surface area (Å²) in [7, 11) is 1.54. The highest BCUT2D eigenvalue weighted by atomic mass is 19.2. The Hall–Kier alpha value is -1.76. The minimum absolute atomic E-state index is 0.161. The monoisotopic (exact) mass is 286 g/mol. The first-order valence-electron chi connectivity index (χ1n) is 6.46. The van der Waals surface area contributed by atoms with Crippen molar-refractivity contribution in [3.8, 4) is 0 Å².